The van der Waals surface area contributed by atoms with Crippen molar-refractivity contribution >= 4 is 7.12 Å². The number of fused-ring (bicyclic) bond motifs is 1. The van der Waals surface area contributed by atoms with Crippen molar-refractivity contribution in [2.75, 3.05) is 6.54 Å². The van der Waals surface area contributed by atoms with Crippen LogP contribution in [0, 0.1) is 5.92 Å². The second kappa shape index (κ2) is 9.57. The molecule has 0 amide bonds. The van der Waals surface area contributed by atoms with Crippen LogP contribution in [0.3, 0.4) is 0 Å². The van der Waals surface area contributed by atoms with Gasteiger partial charge in [-0.25, -0.2) is 0 Å². The second-order valence-corrected chi connectivity index (χ2v) is 7.62. The molecule has 2 unspecified atom stereocenters. The summed E-state index contributed by atoms with van der Waals surface area (Å²) in [5.41, 5.74) is 9.43. The molecule has 5 heteroatoms. The van der Waals surface area contributed by atoms with Crippen LogP contribution >= 0.6 is 0 Å². The Kier molecular flexibility index (Phi) is 7.75. The van der Waals surface area contributed by atoms with Crippen molar-refractivity contribution in [2.45, 2.75) is 70.9 Å². The Morgan fingerprint density at radius 3 is 2.54 bits per heavy atom. The molecule has 0 saturated heterocycles. The van der Waals surface area contributed by atoms with Crippen molar-refractivity contribution in [1.82, 2.24) is 4.90 Å². The first-order valence-corrected chi connectivity index (χ1v) is 9.40. The summed E-state index contributed by atoms with van der Waals surface area (Å²) in [7, 11) is -1.19. The van der Waals surface area contributed by atoms with E-state index in [9.17, 15) is 0 Å². The topological polar surface area (TPSA) is 69.7 Å². The average Bonchev–Trinajstić information content (AvgIpc) is 2.55. The van der Waals surface area contributed by atoms with Crippen molar-refractivity contribution in [1.29, 1.82) is 0 Å². The largest absolute Gasteiger partial charge is 0.451 e. The van der Waals surface area contributed by atoms with Crippen LogP contribution in [-0.4, -0.2) is 40.7 Å². The number of nitrogens with two attached hydrogens (primary N) is 1. The molecule has 0 saturated carbocycles. The maximum Gasteiger partial charge on any atom is 0.451 e. The highest BCUT2D eigenvalue weighted by Crippen LogP contribution is 2.26. The van der Waals surface area contributed by atoms with E-state index in [1.165, 1.54) is 17.5 Å². The Labute approximate surface area is 147 Å². The number of nitrogens with zero attached hydrogens (tertiary/aromatic N) is 1. The summed E-state index contributed by atoms with van der Waals surface area (Å²) in [5.74, 6) is 0.699. The lowest BCUT2D eigenvalue weighted by molar-refractivity contribution is 0.136. The van der Waals surface area contributed by atoms with Crippen LogP contribution in [-0.2, 0) is 13.0 Å². The Hall–Kier alpha value is -0.875. The van der Waals surface area contributed by atoms with Gasteiger partial charge in [0.2, 0.25) is 0 Å². The maximum atomic E-state index is 8.96. The molecule has 1 aliphatic heterocycles. The van der Waals surface area contributed by atoms with Gasteiger partial charge in [0, 0.05) is 18.6 Å². The van der Waals surface area contributed by atoms with Gasteiger partial charge in [-0.15, -0.1) is 0 Å². The van der Waals surface area contributed by atoms with E-state index in [4.69, 9.17) is 15.8 Å². The van der Waals surface area contributed by atoms with Crippen LogP contribution in [0.1, 0.15) is 50.7 Å². The van der Waals surface area contributed by atoms with Crippen molar-refractivity contribution in [3.63, 3.8) is 0 Å². The van der Waals surface area contributed by atoms with E-state index >= 15 is 0 Å². The Morgan fingerprint density at radius 1 is 1.17 bits per heavy atom. The minimum atomic E-state index is -1.19. The normalized spacial score (nSPS) is 19.3. The van der Waals surface area contributed by atoms with Gasteiger partial charge in [0.1, 0.15) is 0 Å². The molecule has 134 valence electrons. The van der Waals surface area contributed by atoms with E-state index in [1.54, 1.807) is 0 Å². The van der Waals surface area contributed by atoms with Crippen LogP contribution < -0.4 is 5.73 Å². The van der Waals surface area contributed by atoms with Gasteiger partial charge in [0.05, 0.1) is 0 Å². The van der Waals surface area contributed by atoms with E-state index in [1.807, 2.05) is 0 Å². The lowest BCUT2D eigenvalue weighted by Gasteiger charge is -2.40. The first-order chi connectivity index (χ1) is 11.5. The van der Waals surface area contributed by atoms with E-state index in [0.29, 0.717) is 18.3 Å². The van der Waals surface area contributed by atoms with E-state index in [2.05, 4.69) is 43.0 Å². The smallest absolute Gasteiger partial charge is 0.427 e. The minimum Gasteiger partial charge on any atom is -0.427 e. The number of hydrogen-bond acceptors (Lipinski definition) is 4. The zero-order valence-electron chi connectivity index (χ0n) is 15.2. The lowest BCUT2D eigenvalue weighted by Crippen LogP contribution is -2.51. The summed E-state index contributed by atoms with van der Waals surface area (Å²) in [6.45, 7) is 6.64. The number of unbranched alkanes of at least 4 members (excludes halogenated alkanes) is 1. The molecule has 4 N–H and O–H groups in total. The second-order valence-electron chi connectivity index (χ2n) is 7.62. The van der Waals surface area contributed by atoms with E-state index in [0.717, 1.165) is 38.8 Å². The number of rotatable bonds is 9. The monoisotopic (exact) mass is 332 g/mol. The van der Waals surface area contributed by atoms with Gasteiger partial charge in [0.15, 0.2) is 0 Å². The van der Waals surface area contributed by atoms with Crippen LogP contribution in [0.15, 0.2) is 24.3 Å². The summed E-state index contributed by atoms with van der Waals surface area (Å²) < 4.78 is 0. The average molecular weight is 332 g/mol. The predicted molar refractivity (Wildman–Crippen MR) is 101 cm³/mol. The SMILES string of the molecule is CC(C)CCN1Cc2ccccc2CC1C(N)CCCCB(O)O. The molecule has 1 aliphatic rings. The Bertz CT molecular complexity index is 496. The van der Waals surface area contributed by atoms with Crippen LogP contribution in [0.25, 0.3) is 0 Å². The molecule has 4 nitrogen and oxygen atoms in total. The molecule has 2 atom stereocenters. The molecule has 1 aromatic rings. The molecule has 1 aromatic carbocycles. The van der Waals surface area contributed by atoms with E-state index < -0.39 is 7.12 Å². The molecule has 0 radical (unpaired) electrons. The number of benzene rings is 1. The van der Waals surface area contributed by atoms with Gasteiger partial charge in [0.25, 0.3) is 0 Å². The summed E-state index contributed by atoms with van der Waals surface area (Å²) in [4.78, 5) is 2.56. The van der Waals surface area contributed by atoms with Crippen molar-refractivity contribution in [3.05, 3.63) is 35.4 Å². The van der Waals surface area contributed by atoms with Crippen LogP contribution in [0.4, 0.5) is 0 Å². The van der Waals surface area contributed by atoms with Crippen LogP contribution in [0.5, 0.6) is 0 Å². The fraction of sp³-hybridized carbons (Fsp3) is 0.684. The van der Waals surface area contributed by atoms with Gasteiger partial charge in [-0.2, -0.15) is 0 Å². The van der Waals surface area contributed by atoms with E-state index in [-0.39, 0.29) is 6.04 Å². The van der Waals surface area contributed by atoms with Crippen molar-refractivity contribution in [2.24, 2.45) is 11.7 Å². The molecule has 0 spiro atoms. The summed E-state index contributed by atoms with van der Waals surface area (Å²) in [6.07, 6.45) is 5.38. The lowest BCUT2D eigenvalue weighted by atomic mass is 9.82. The minimum absolute atomic E-state index is 0.140. The summed E-state index contributed by atoms with van der Waals surface area (Å²) in [6, 6.07) is 9.24. The fourth-order valence-electron chi connectivity index (χ4n) is 3.59. The van der Waals surface area contributed by atoms with Gasteiger partial charge in [-0.1, -0.05) is 51.0 Å². The molecule has 0 aliphatic carbocycles. The van der Waals surface area contributed by atoms with Crippen LogP contribution in [0.2, 0.25) is 6.32 Å². The summed E-state index contributed by atoms with van der Waals surface area (Å²) in [5, 5.41) is 17.9. The first kappa shape index (κ1) is 19.4. The van der Waals surface area contributed by atoms with Gasteiger partial charge in [-0.3, -0.25) is 4.90 Å². The number of hydrogen-bond donors (Lipinski definition) is 3. The zero-order valence-corrected chi connectivity index (χ0v) is 15.2. The highest BCUT2D eigenvalue weighted by molar-refractivity contribution is 6.40. The molecular formula is C19H33BN2O2. The Balaban J connectivity index is 1.97. The zero-order chi connectivity index (χ0) is 17.5. The Morgan fingerprint density at radius 2 is 1.88 bits per heavy atom. The highest BCUT2D eigenvalue weighted by Gasteiger charge is 2.30. The highest BCUT2D eigenvalue weighted by atomic mass is 16.4. The molecule has 24 heavy (non-hydrogen) atoms. The molecular weight excluding hydrogens is 299 g/mol. The molecule has 0 aromatic heterocycles. The third kappa shape index (κ3) is 5.89. The quantitative estimate of drug-likeness (QED) is 0.480. The first-order valence-electron chi connectivity index (χ1n) is 9.40. The fourth-order valence-corrected chi connectivity index (χ4v) is 3.59. The molecule has 0 bridgehead atoms. The van der Waals surface area contributed by atoms with Crippen molar-refractivity contribution in [3.8, 4) is 0 Å². The maximum absolute atomic E-state index is 8.96. The molecule has 0 fully saturated rings. The molecule has 1 heterocycles. The summed E-state index contributed by atoms with van der Waals surface area (Å²) >= 11 is 0. The molecule has 2 rings (SSSR count). The standard InChI is InChI=1S/C19H33BN2O2/c1-15(2)10-12-22-14-17-8-4-3-7-16(17)13-19(22)18(21)9-5-6-11-20(23)24/h3-4,7-8,15,18-19,23-24H,5-6,9-14,21H2,1-2H3. The third-order valence-corrected chi connectivity index (χ3v) is 5.13. The predicted octanol–water partition coefficient (Wildman–Crippen LogP) is 2.43. The van der Waals surface area contributed by atoms with Gasteiger partial charge in [-0.05, 0) is 49.2 Å². The third-order valence-electron chi connectivity index (χ3n) is 5.13. The van der Waals surface area contributed by atoms with Crippen molar-refractivity contribution < 1.29 is 10.0 Å². The van der Waals surface area contributed by atoms with Gasteiger partial charge >= 0.3 is 7.12 Å². The van der Waals surface area contributed by atoms with Gasteiger partial charge < -0.3 is 15.8 Å².